The van der Waals surface area contributed by atoms with Crippen LogP contribution in [0.15, 0.2) is 35.8 Å². The first-order chi connectivity index (χ1) is 16.6. The van der Waals surface area contributed by atoms with E-state index in [0.717, 1.165) is 38.8 Å². The number of hydrogen-bond acceptors (Lipinski definition) is 8. The van der Waals surface area contributed by atoms with Crippen molar-refractivity contribution < 1.29 is 9.59 Å². The lowest BCUT2D eigenvalue weighted by molar-refractivity contribution is -0.122. The van der Waals surface area contributed by atoms with Crippen molar-refractivity contribution in [2.75, 3.05) is 31.1 Å². The summed E-state index contributed by atoms with van der Waals surface area (Å²) in [5, 5.41) is 3.22. The van der Waals surface area contributed by atoms with Crippen molar-refractivity contribution in [2.24, 2.45) is 11.8 Å². The van der Waals surface area contributed by atoms with E-state index in [2.05, 4.69) is 73.0 Å². The highest BCUT2D eigenvalue weighted by Gasteiger charge is 2.24. The maximum Gasteiger partial charge on any atom is 0.290 e. The van der Waals surface area contributed by atoms with E-state index in [0.29, 0.717) is 39.8 Å². The van der Waals surface area contributed by atoms with Gasteiger partial charge in [-0.2, -0.15) is 0 Å². The molecule has 2 saturated heterocycles. The first-order valence-electron chi connectivity index (χ1n) is 11.2. The molecule has 2 fully saturated rings. The second-order valence-corrected chi connectivity index (χ2v) is 10.6. The molecule has 35 heavy (non-hydrogen) atoms. The molecule has 2 aliphatic rings. The third-order valence-electron chi connectivity index (χ3n) is 5.74. The van der Waals surface area contributed by atoms with Crippen LogP contribution in [0.3, 0.4) is 0 Å². The molecular weight excluding hydrogens is 652 g/mol. The van der Waals surface area contributed by atoms with Crippen LogP contribution in [0, 0.1) is 11.8 Å². The number of hydrogen-bond donors (Lipinski definition) is 3. The van der Waals surface area contributed by atoms with Gasteiger partial charge in [0.25, 0.3) is 11.1 Å². The molecule has 2 aromatic rings. The summed E-state index contributed by atoms with van der Waals surface area (Å²) in [4.78, 5) is 59.2. The average Bonchev–Trinajstić information content (AvgIpc) is 2.84. The molecule has 0 saturated carbocycles. The molecule has 10 nitrogen and oxygen atoms in total. The lowest BCUT2D eigenvalue weighted by Crippen LogP contribution is -2.39. The van der Waals surface area contributed by atoms with Crippen LogP contribution in [0.25, 0.3) is 0 Å². The predicted octanol–water partition coefficient (Wildman–Crippen LogP) is 3.21. The number of carbonyl (C=O) groups excluding carboxylic acids is 2. The summed E-state index contributed by atoms with van der Waals surface area (Å²) in [5.74, 6) is 1.52. The van der Waals surface area contributed by atoms with Crippen LogP contribution < -0.4 is 21.3 Å². The van der Waals surface area contributed by atoms with Crippen molar-refractivity contribution in [2.45, 2.75) is 39.5 Å². The highest BCUT2D eigenvalue weighted by Crippen LogP contribution is 2.21. The largest absolute Gasteiger partial charge is 0.352 e. The molecule has 0 atom stereocenters. The number of rotatable bonds is 3. The molecule has 0 spiro atoms. The van der Waals surface area contributed by atoms with Crippen LogP contribution in [0.2, 0.25) is 0 Å². The minimum Gasteiger partial charge on any atom is -0.352 e. The van der Waals surface area contributed by atoms with Gasteiger partial charge in [0.2, 0.25) is 0 Å². The van der Waals surface area contributed by atoms with Gasteiger partial charge in [-0.25, -0.2) is 9.97 Å². The Bertz CT molecular complexity index is 1110. The lowest BCUT2D eigenvalue weighted by atomic mass is 9.93. The number of Topliss-reactive ketones (excluding diaryl/α,β-unsaturated/α-hetero) is 2. The van der Waals surface area contributed by atoms with E-state index < -0.39 is 0 Å². The van der Waals surface area contributed by atoms with Crippen LogP contribution in [0.4, 0.5) is 5.82 Å². The number of aromatic amines is 2. The minimum atomic E-state index is -0.224. The van der Waals surface area contributed by atoms with Crippen molar-refractivity contribution in [1.82, 2.24) is 25.3 Å². The monoisotopic (exact) mass is 678 g/mol. The third-order valence-corrected chi connectivity index (χ3v) is 7.09. The molecule has 0 aliphatic carbocycles. The maximum absolute atomic E-state index is 11.6. The third kappa shape index (κ3) is 10.1. The maximum atomic E-state index is 11.6. The summed E-state index contributed by atoms with van der Waals surface area (Å²) < 4.78 is 1.51. The van der Waals surface area contributed by atoms with Gasteiger partial charge in [-0.1, -0.05) is 0 Å². The van der Waals surface area contributed by atoms with Crippen molar-refractivity contribution in [1.29, 1.82) is 0 Å². The van der Waals surface area contributed by atoms with E-state index in [9.17, 15) is 19.2 Å². The molecule has 0 bridgehead atoms. The van der Waals surface area contributed by atoms with Crippen LogP contribution in [-0.2, 0) is 9.59 Å². The van der Waals surface area contributed by atoms with E-state index in [4.69, 9.17) is 0 Å². The molecule has 0 amide bonds. The SMILES string of the molecule is CC(=O)C1CCN(c2nc(Br)c[nH]c2=O)CC1.CC(=O)C1CCNCC1.O=c1[nH]cc(Br)nc1Br. The predicted molar refractivity (Wildman–Crippen MR) is 145 cm³/mol. The summed E-state index contributed by atoms with van der Waals surface area (Å²) in [5.41, 5.74) is -0.410. The summed E-state index contributed by atoms with van der Waals surface area (Å²) in [7, 11) is 0. The Morgan fingerprint density at radius 2 is 1.31 bits per heavy atom. The quantitative estimate of drug-likeness (QED) is 0.449. The fourth-order valence-electron chi connectivity index (χ4n) is 3.68. The van der Waals surface area contributed by atoms with E-state index in [1.807, 2.05) is 4.90 Å². The molecule has 192 valence electrons. The zero-order valence-corrected chi connectivity index (χ0v) is 24.3. The molecule has 2 aromatic heterocycles. The van der Waals surface area contributed by atoms with Crippen molar-refractivity contribution >= 4 is 65.2 Å². The van der Waals surface area contributed by atoms with Crippen LogP contribution in [0.5, 0.6) is 0 Å². The lowest BCUT2D eigenvalue weighted by Gasteiger charge is -2.30. The van der Waals surface area contributed by atoms with E-state index in [1.165, 1.54) is 12.4 Å². The summed E-state index contributed by atoms with van der Waals surface area (Å²) in [6, 6.07) is 0. The van der Waals surface area contributed by atoms with Gasteiger partial charge in [0, 0.05) is 37.3 Å². The highest BCUT2D eigenvalue weighted by atomic mass is 79.9. The van der Waals surface area contributed by atoms with Gasteiger partial charge >= 0.3 is 0 Å². The Kier molecular flexibility index (Phi) is 12.5. The summed E-state index contributed by atoms with van der Waals surface area (Å²) >= 11 is 9.28. The molecule has 2 aliphatic heterocycles. The number of anilines is 1. The molecule has 4 rings (SSSR count). The smallest absolute Gasteiger partial charge is 0.290 e. The Morgan fingerprint density at radius 3 is 1.77 bits per heavy atom. The zero-order chi connectivity index (χ0) is 26.0. The fraction of sp³-hybridized carbons (Fsp3) is 0.545. The summed E-state index contributed by atoms with van der Waals surface area (Å²) in [6.07, 6.45) is 6.66. The van der Waals surface area contributed by atoms with Gasteiger partial charge in [-0.05, 0) is 100 Å². The second-order valence-electron chi connectivity index (χ2n) is 8.23. The topological polar surface area (TPSA) is 141 Å². The molecular formula is C22H29Br3N6O4. The Balaban J connectivity index is 0.000000203. The van der Waals surface area contributed by atoms with Crippen LogP contribution >= 0.6 is 47.8 Å². The van der Waals surface area contributed by atoms with E-state index in [-0.39, 0.29) is 27.4 Å². The van der Waals surface area contributed by atoms with Crippen LogP contribution in [0.1, 0.15) is 39.5 Å². The minimum absolute atomic E-state index is 0.137. The number of aromatic nitrogens is 4. The van der Waals surface area contributed by atoms with Gasteiger partial charge in [0.05, 0.1) is 0 Å². The molecule has 0 radical (unpaired) electrons. The first-order valence-corrected chi connectivity index (χ1v) is 13.6. The summed E-state index contributed by atoms with van der Waals surface area (Å²) in [6.45, 7) is 6.77. The zero-order valence-electron chi connectivity index (χ0n) is 19.6. The van der Waals surface area contributed by atoms with Crippen molar-refractivity contribution in [3.05, 3.63) is 46.9 Å². The van der Waals surface area contributed by atoms with Gasteiger partial charge in [-0.15, -0.1) is 0 Å². The normalized spacial score (nSPS) is 16.4. The van der Waals surface area contributed by atoms with Crippen molar-refractivity contribution in [3.63, 3.8) is 0 Å². The van der Waals surface area contributed by atoms with E-state index >= 15 is 0 Å². The van der Waals surface area contributed by atoms with E-state index in [1.54, 1.807) is 13.8 Å². The number of nitrogens with zero attached hydrogens (tertiary/aromatic N) is 3. The second kappa shape index (κ2) is 14.8. The van der Waals surface area contributed by atoms with Gasteiger partial charge in [0.1, 0.15) is 20.8 Å². The Morgan fingerprint density at radius 1 is 0.829 bits per heavy atom. The average molecular weight is 681 g/mol. The van der Waals surface area contributed by atoms with Gasteiger partial charge < -0.3 is 20.2 Å². The molecule has 13 heteroatoms. The molecule has 0 aromatic carbocycles. The molecule has 3 N–H and O–H groups in total. The number of H-pyrrole nitrogens is 2. The molecule has 0 unspecified atom stereocenters. The number of ketones is 2. The standard InChI is InChI=1S/C11H14BrN3O2.C7H13NO.C4H2Br2N2O/c1-7(16)8-2-4-15(5-3-8)10-11(17)13-6-9(12)14-10;1-6(9)7-2-4-8-5-3-7;5-2-1-7-4(9)3(6)8-2/h6,8H,2-5H2,1H3,(H,13,17);7-8H,2-5H2,1H3;1H,(H,7,9). The Hall–Kier alpha value is -1.70. The van der Waals surface area contributed by atoms with Gasteiger partial charge in [-0.3, -0.25) is 19.2 Å². The number of nitrogens with one attached hydrogen (secondary N) is 3. The first kappa shape index (κ1) is 29.5. The van der Waals surface area contributed by atoms with Crippen LogP contribution in [-0.4, -0.2) is 57.7 Å². The molecule has 4 heterocycles. The number of carbonyl (C=O) groups is 2. The van der Waals surface area contributed by atoms with Gasteiger partial charge in [0.15, 0.2) is 10.4 Å². The fourth-order valence-corrected chi connectivity index (χ4v) is 4.79. The Labute approximate surface area is 228 Å². The van der Waals surface area contributed by atoms with Crippen molar-refractivity contribution in [3.8, 4) is 0 Å². The highest BCUT2D eigenvalue weighted by molar-refractivity contribution is 9.11. The number of piperidine rings is 2. The number of halogens is 3.